The van der Waals surface area contributed by atoms with E-state index in [1.54, 1.807) is 41.3 Å². The summed E-state index contributed by atoms with van der Waals surface area (Å²) in [6.07, 6.45) is 8.24. The summed E-state index contributed by atoms with van der Waals surface area (Å²) >= 11 is 0. The minimum Gasteiger partial charge on any atom is -0.371 e. The first-order chi connectivity index (χ1) is 27.6. The lowest BCUT2D eigenvalue weighted by molar-refractivity contribution is -0.136. The van der Waals surface area contributed by atoms with E-state index in [2.05, 4.69) is 31.2 Å². The number of carbonyl (C=O) groups excluding carboxylic acids is 7. The molecular formula is C42H42N8O7. The van der Waals surface area contributed by atoms with Crippen LogP contribution in [0.15, 0.2) is 85.1 Å². The number of H-pyrrole nitrogens is 1. The molecule has 4 aliphatic rings. The fourth-order valence-corrected chi connectivity index (χ4v) is 8.37. The standard InChI is InChI=1S/C42H42N8O7/c51-36(44-28-1-3-29(4-2-28)45-42(57)46-30-5-8-34-27(23-30)13-18-43-34)11-12-38(53)49-21-16-26(17-22-49)25-14-19-48(20-15-25)31-6-7-32-33(24-31)41(56)50(40(32)55)35-9-10-37(52)47-39(35)54/h1-8,11-13,18,23-26,35,43H,9-10,14-17,19-22H2,(H,44,51)(H2,45,46,57)(H,47,52,54)/b12-11+. The number of carbonyl (C=O) groups is 7. The van der Waals surface area contributed by atoms with Gasteiger partial charge in [-0.15, -0.1) is 0 Å². The summed E-state index contributed by atoms with van der Waals surface area (Å²) in [5, 5.41) is 11.5. The van der Waals surface area contributed by atoms with Crippen LogP contribution in [0.1, 0.15) is 59.2 Å². The third-order valence-electron chi connectivity index (χ3n) is 11.4. The Labute approximate surface area is 327 Å². The van der Waals surface area contributed by atoms with Gasteiger partial charge in [0.25, 0.3) is 11.8 Å². The number of hydrogen-bond donors (Lipinski definition) is 5. The maximum Gasteiger partial charge on any atom is 0.323 e. The number of benzene rings is 3. The predicted molar refractivity (Wildman–Crippen MR) is 213 cm³/mol. The summed E-state index contributed by atoms with van der Waals surface area (Å²) in [5.41, 5.74) is 4.10. The molecule has 0 aliphatic carbocycles. The summed E-state index contributed by atoms with van der Waals surface area (Å²) in [4.78, 5) is 96.5. The largest absolute Gasteiger partial charge is 0.371 e. The van der Waals surface area contributed by atoms with Crippen molar-refractivity contribution in [3.63, 3.8) is 0 Å². The Bertz CT molecular complexity index is 2300. The van der Waals surface area contributed by atoms with Gasteiger partial charge >= 0.3 is 6.03 Å². The molecule has 4 aromatic rings. The Kier molecular flexibility index (Phi) is 10.3. The van der Waals surface area contributed by atoms with Crippen molar-refractivity contribution in [1.82, 2.24) is 20.1 Å². The lowest BCUT2D eigenvalue weighted by Gasteiger charge is -2.40. The van der Waals surface area contributed by atoms with Crippen LogP contribution in [0.5, 0.6) is 0 Å². The molecule has 3 aromatic carbocycles. The molecule has 292 valence electrons. The third-order valence-corrected chi connectivity index (χ3v) is 11.4. The number of amides is 8. The molecule has 5 N–H and O–H groups in total. The van der Waals surface area contributed by atoms with Gasteiger partial charge in [-0.05, 0) is 111 Å². The van der Waals surface area contributed by atoms with E-state index in [-0.39, 0.29) is 29.9 Å². The van der Waals surface area contributed by atoms with Crippen molar-refractivity contribution in [3.05, 3.63) is 96.2 Å². The molecule has 3 saturated heterocycles. The van der Waals surface area contributed by atoms with Crippen LogP contribution in [0.3, 0.4) is 0 Å². The zero-order chi connectivity index (χ0) is 39.6. The highest BCUT2D eigenvalue weighted by molar-refractivity contribution is 6.23. The van der Waals surface area contributed by atoms with Gasteiger partial charge in [0.15, 0.2) is 0 Å². The Morgan fingerprint density at radius 3 is 2.04 bits per heavy atom. The lowest BCUT2D eigenvalue weighted by Crippen LogP contribution is -2.54. The smallest absolute Gasteiger partial charge is 0.323 e. The van der Waals surface area contributed by atoms with Crippen LogP contribution in [0.4, 0.5) is 27.5 Å². The Morgan fingerprint density at radius 1 is 0.667 bits per heavy atom. The molecule has 5 heterocycles. The molecular weight excluding hydrogens is 729 g/mol. The van der Waals surface area contributed by atoms with E-state index in [9.17, 15) is 33.6 Å². The van der Waals surface area contributed by atoms with Gasteiger partial charge in [0.05, 0.1) is 11.1 Å². The van der Waals surface area contributed by atoms with Gasteiger partial charge in [0, 0.05) is 84.6 Å². The SMILES string of the molecule is O=C(/C=C/C(=O)N1CCC(C2CCN(c3ccc4c(c3)C(=O)N(C3CCC(=O)NC3=O)C4=O)CC2)CC1)Nc1ccc(NC(=O)Nc2ccc3[nH]ccc3c2)cc1. The zero-order valence-corrected chi connectivity index (χ0v) is 31.1. The minimum atomic E-state index is -0.994. The van der Waals surface area contributed by atoms with E-state index >= 15 is 0 Å². The van der Waals surface area contributed by atoms with E-state index in [0.717, 1.165) is 60.3 Å². The molecule has 0 bridgehead atoms. The number of aromatic amines is 1. The molecule has 4 aliphatic heterocycles. The monoisotopic (exact) mass is 770 g/mol. The fraction of sp³-hybridized carbons (Fsp3) is 0.310. The van der Waals surface area contributed by atoms with E-state index in [0.29, 0.717) is 42.0 Å². The summed E-state index contributed by atoms with van der Waals surface area (Å²) in [7, 11) is 0. The predicted octanol–water partition coefficient (Wildman–Crippen LogP) is 4.86. The van der Waals surface area contributed by atoms with Crippen LogP contribution in [-0.2, 0) is 19.2 Å². The average molecular weight is 771 g/mol. The molecule has 8 amide bonds. The highest BCUT2D eigenvalue weighted by Gasteiger charge is 2.45. The number of likely N-dealkylation sites (tertiary alicyclic amines) is 1. The number of rotatable bonds is 8. The highest BCUT2D eigenvalue weighted by atomic mass is 16.2. The maximum atomic E-state index is 13.3. The summed E-state index contributed by atoms with van der Waals surface area (Å²) < 4.78 is 0. The van der Waals surface area contributed by atoms with Crippen LogP contribution >= 0.6 is 0 Å². The van der Waals surface area contributed by atoms with Crippen molar-refractivity contribution >= 4 is 75.1 Å². The van der Waals surface area contributed by atoms with E-state index in [1.807, 2.05) is 36.5 Å². The van der Waals surface area contributed by atoms with Crippen LogP contribution in [0.2, 0.25) is 0 Å². The van der Waals surface area contributed by atoms with Crippen molar-refractivity contribution < 1.29 is 33.6 Å². The van der Waals surface area contributed by atoms with Crippen molar-refractivity contribution in [2.45, 2.75) is 44.6 Å². The quantitative estimate of drug-likeness (QED) is 0.124. The van der Waals surface area contributed by atoms with Crippen molar-refractivity contribution in [2.75, 3.05) is 47.0 Å². The van der Waals surface area contributed by atoms with Crippen LogP contribution in [0, 0.1) is 11.8 Å². The first-order valence-corrected chi connectivity index (χ1v) is 19.2. The van der Waals surface area contributed by atoms with Gasteiger partial charge in [0.2, 0.25) is 23.6 Å². The number of aromatic nitrogens is 1. The van der Waals surface area contributed by atoms with E-state index < -0.39 is 41.6 Å². The summed E-state index contributed by atoms with van der Waals surface area (Å²) in [6, 6.07) is 18.0. The molecule has 3 fully saturated rings. The second-order valence-corrected chi connectivity index (χ2v) is 14.9. The van der Waals surface area contributed by atoms with Crippen LogP contribution in [0.25, 0.3) is 10.9 Å². The Hall–Kier alpha value is -6.77. The van der Waals surface area contributed by atoms with Crippen LogP contribution < -0.4 is 26.2 Å². The maximum absolute atomic E-state index is 13.3. The fourth-order valence-electron chi connectivity index (χ4n) is 8.37. The topological polar surface area (TPSA) is 193 Å². The number of imide groups is 2. The van der Waals surface area contributed by atoms with Gasteiger partial charge in [-0.25, -0.2) is 4.79 Å². The first kappa shape index (κ1) is 37.2. The number of hydrogen-bond acceptors (Lipinski definition) is 8. The number of fused-ring (bicyclic) bond motifs is 2. The Morgan fingerprint density at radius 2 is 1.32 bits per heavy atom. The number of nitrogens with zero attached hydrogens (tertiary/aromatic N) is 3. The van der Waals surface area contributed by atoms with Gasteiger partial charge in [-0.1, -0.05) is 0 Å². The van der Waals surface area contributed by atoms with E-state index in [4.69, 9.17) is 0 Å². The van der Waals surface area contributed by atoms with Gasteiger partial charge in [-0.3, -0.25) is 39.0 Å². The van der Waals surface area contributed by atoms with Crippen molar-refractivity contribution in [3.8, 4) is 0 Å². The molecule has 8 rings (SSSR count). The minimum absolute atomic E-state index is 0.0741. The van der Waals surface area contributed by atoms with Crippen molar-refractivity contribution in [2.24, 2.45) is 11.8 Å². The van der Waals surface area contributed by atoms with Gasteiger partial charge in [-0.2, -0.15) is 0 Å². The third kappa shape index (κ3) is 7.99. The molecule has 15 nitrogen and oxygen atoms in total. The average Bonchev–Trinajstić information content (AvgIpc) is 3.78. The van der Waals surface area contributed by atoms with Crippen LogP contribution in [-0.4, -0.2) is 88.5 Å². The second-order valence-electron chi connectivity index (χ2n) is 14.9. The van der Waals surface area contributed by atoms with Crippen molar-refractivity contribution in [1.29, 1.82) is 0 Å². The first-order valence-electron chi connectivity index (χ1n) is 19.2. The zero-order valence-electron chi connectivity index (χ0n) is 31.1. The summed E-state index contributed by atoms with van der Waals surface area (Å²) in [5.74, 6) is -1.73. The molecule has 0 saturated carbocycles. The second kappa shape index (κ2) is 15.8. The lowest BCUT2D eigenvalue weighted by atomic mass is 9.78. The van der Waals surface area contributed by atoms with Gasteiger partial charge in [0.1, 0.15) is 6.04 Å². The molecule has 1 atom stereocenters. The number of urea groups is 1. The number of piperidine rings is 3. The normalized spacial score (nSPS) is 19.2. The Balaban J connectivity index is 0.759. The molecule has 15 heteroatoms. The molecule has 1 aromatic heterocycles. The molecule has 0 spiro atoms. The number of nitrogens with one attached hydrogen (secondary N) is 5. The molecule has 0 radical (unpaired) electrons. The summed E-state index contributed by atoms with van der Waals surface area (Å²) in [6.45, 7) is 2.81. The molecule has 1 unspecified atom stereocenters. The highest BCUT2D eigenvalue weighted by Crippen LogP contribution is 2.36. The van der Waals surface area contributed by atoms with E-state index in [1.165, 1.54) is 12.2 Å². The van der Waals surface area contributed by atoms with Gasteiger partial charge < -0.3 is 30.7 Å². The molecule has 57 heavy (non-hydrogen) atoms. The number of anilines is 4.